The number of imidazole rings is 1. The smallest absolute Gasteiger partial charge is 0.174 e. The maximum absolute atomic E-state index is 5.66. The average molecular weight is 191 g/mol. The number of nitrogen functional groups attached to an aromatic ring is 1. The average Bonchev–Trinajstić information content (AvgIpc) is 2.47. The molecule has 0 saturated heterocycles. The molecule has 0 aromatic carbocycles. The molecule has 0 aliphatic carbocycles. The zero-order chi connectivity index (χ0) is 10.3. The summed E-state index contributed by atoms with van der Waals surface area (Å²) in [6.07, 6.45) is 3.45. The van der Waals surface area contributed by atoms with Crippen LogP contribution in [0.2, 0.25) is 0 Å². The molecule has 2 aromatic heterocycles. The number of hydrogen-bond acceptors (Lipinski definition) is 4. The van der Waals surface area contributed by atoms with Crippen LogP contribution in [0.5, 0.6) is 0 Å². The molecule has 0 spiro atoms. The largest absolute Gasteiger partial charge is 0.380 e. The highest BCUT2D eigenvalue weighted by Gasteiger charge is 2.17. The molecule has 5 heteroatoms. The lowest BCUT2D eigenvalue weighted by Gasteiger charge is -2.21. The lowest BCUT2D eigenvalue weighted by Crippen LogP contribution is -2.20. The van der Waals surface area contributed by atoms with Crippen molar-refractivity contribution in [2.45, 2.75) is 26.3 Å². The van der Waals surface area contributed by atoms with E-state index in [0.717, 1.165) is 11.0 Å². The Morgan fingerprint density at radius 2 is 2.07 bits per heavy atom. The number of nitrogens with two attached hydrogens (primary N) is 1. The lowest BCUT2D eigenvalue weighted by atomic mass is 10.1. The predicted molar refractivity (Wildman–Crippen MR) is 54.7 cm³/mol. The quantitative estimate of drug-likeness (QED) is 0.678. The van der Waals surface area contributed by atoms with Crippen molar-refractivity contribution in [3.05, 3.63) is 12.5 Å². The first-order valence-corrected chi connectivity index (χ1v) is 4.45. The van der Waals surface area contributed by atoms with Crippen LogP contribution in [0.3, 0.4) is 0 Å². The fourth-order valence-electron chi connectivity index (χ4n) is 1.41. The second kappa shape index (κ2) is 2.67. The van der Waals surface area contributed by atoms with E-state index < -0.39 is 0 Å². The van der Waals surface area contributed by atoms with Crippen LogP contribution in [0.15, 0.2) is 12.5 Å². The number of nitrogens with zero attached hydrogens (tertiary/aromatic N) is 4. The van der Waals surface area contributed by atoms with E-state index in [9.17, 15) is 0 Å². The Morgan fingerprint density at radius 1 is 1.36 bits per heavy atom. The summed E-state index contributed by atoms with van der Waals surface area (Å²) in [6.45, 7) is 6.31. The zero-order valence-electron chi connectivity index (χ0n) is 8.52. The van der Waals surface area contributed by atoms with E-state index >= 15 is 0 Å². The lowest BCUT2D eigenvalue weighted by molar-refractivity contribution is 0.408. The maximum Gasteiger partial charge on any atom is 0.174 e. The van der Waals surface area contributed by atoms with Crippen molar-refractivity contribution in [1.82, 2.24) is 19.7 Å². The number of anilines is 1. The molecule has 74 valence electrons. The van der Waals surface area contributed by atoms with Gasteiger partial charge in [0, 0.05) is 5.54 Å². The fraction of sp³-hybridized carbons (Fsp3) is 0.444. The monoisotopic (exact) mass is 191 g/mol. The molecule has 0 radical (unpaired) electrons. The summed E-state index contributed by atoms with van der Waals surface area (Å²) in [5.74, 6) is 0.380. The Labute approximate surface area is 82.0 Å². The molecular weight excluding hydrogens is 178 g/mol. The molecule has 14 heavy (non-hydrogen) atoms. The third-order valence-electron chi connectivity index (χ3n) is 2.12. The highest BCUT2D eigenvalue weighted by Crippen LogP contribution is 2.22. The molecule has 5 nitrogen and oxygen atoms in total. The summed E-state index contributed by atoms with van der Waals surface area (Å²) in [7, 11) is 0. The topological polar surface area (TPSA) is 69.6 Å². The summed E-state index contributed by atoms with van der Waals surface area (Å²) >= 11 is 0. The number of rotatable bonds is 0. The fourth-order valence-corrected chi connectivity index (χ4v) is 1.41. The molecule has 2 heterocycles. The van der Waals surface area contributed by atoms with Crippen LogP contribution in [-0.2, 0) is 5.54 Å². The molecule has 0 amide bonds. The van der Waals surface area contributed by atoms with Gasteiger partial charge in [0.25, 0.3) is 0 Å². The van der Waals surface area contributed by atoms with Crippen molar-refractivity contribution in [1.29, 1.82) is 0 Å². The molecule has 2 rings (SSSR count). The molecule has 0 fully saturated rings. The Bertz CT molecular complexity index is 465. The van der Waals surface area contributed by atoms with Crippen LogP contribution in [0.4, 0.5) is 5.82 Å². The first kappa shape index (κ1) is 8.93. The Hall–Kier alpha value is -1.65. The Morgan fingerprint density at radius 3 is 2.71 bits per heavy atom. The second-order valence-electron chi connectivity index (χ2n) is 4.25. The van der Waals surface area contributed by atoms with Crippen LogP contribution < -0.4 is 5.73 Å². The molecule has 2 N–H and O–H groups in total. The van der Waals surface area contributed by atoms with Crippen molar-refractivity contribution in [3.63, 3.8) is 0 Å². The van der Waals surface area contributed by atoms with Gasteiger partial charge in [0.15, 0.2) is 5.82 Å². The molecule has 2 aromatic rings. The van der Waals surface area contributed by atoms with Crippen molar-refractivity contribution in [2.75, 3.05) is 5.73 Å². The van der Waals surface area contributed by atoms with Gasteiger partial charge < -0.3 is 10.3 Å². The normalized spacial score (nSPS) is 12.2. The summed E-state index contributed by atoms with van der Waals surface area (Å²) in [6, 6.07) is 0. The van der Waals surface area contributed by atoms with Gasteiger partial charge in [-0.15, -0.1) is 5.10 Å². The zero-order valence-corrected chi connectivity index (χ0v) is 8.52. The van der Waals surface area contributed by atoms with Gasteiger partial charge in [0.2, 0.25) is 0 Å². The molecule has 0 unspecified atom stereocenters. The van der Waals surface area contributed by atoms with Gasteiger partial charge in [-0.2, -0.15) is 5.10 Å². The maximum atomic E-state index is 5.66. The van der Waals surface area contributed by atoms with E-state index in [1.165, 1.54) is 0 Å². The van der Waals surface area contributed by atoms with E-state index in [4.69, 9.17) is 5.73 Å². The summed E-state index contributed by atoms with van der Waals surface area (Å²) in [5, 5.41) is 7.58. The van der Waals surface area contributed by atoms with Gasteiger partial charge in [-0.1, -0.05) is 0 Å². The second-order valence-corrected chi connectivity index (χ2v) is 4.25. The van der Waals surface area contributed by atoms with Crippen LogP contribution in [0, 0.1) is 0 Å². The molecule has 0 bridgehead atoms. The molecule has 0 atom stereocenters. The van der Waals surface area contributed by atoms with Gasteiger partial charge in [0.05, 0.1) is 18.0 Å². The van der Waals surface area contributed by atoms with Gasteiger partial charge in [-0.25, -0.2) is 4.98 Å². The van der Waals surface area contributed by atoms with E-state index in [1.807, 2.05) is 4.57 Å². The highest BCUT2D eigenvalue weighted by atomic mass is 15.2. The van der Waals surface area contributed by atoms with Gasteiger partial charge in [-0.3, -0.25) is 0 Å². The number of fused-ring (bicyclic) bond motifs is 1. The van der Waals surface area contributed by atoms with Gasteiger partial charge in [0.1, 0.15) is 5.52 Å². The summed E-state index contributed by atoms with van der Waals surface area (Å²) < 4.78 is 2.04. The van der Waals surface area contributed by atoms with Crippen LogP contribution in [-0.4, -0.2) is 19.7 Å². The van der Waals surface area contributed by atoms with Crippen LogP contribution in [0.1, 0.15) is 20.8 Å². The highest BCUT2D eigenvalue weighted by molar-refractivity contribution is 5.83. The van der Waals surface area contributed by atoms with E-state index in [-0.39, 0.29) is 5.54 Å². The molecular formula is C9H13N5. The third-order valence-corrected chi connectivity index (χ3v) is 2.12. The minimum Gasteiger partial charge on any atom is -0.380 e. The van der Waals surface area contributed by atoms with Crippen LogP contribution in [0.25, 0.3) is 11.0 Å². The van der Waals surface area contributed by atoms with Gasteiger partial charge >= 0.3 is 0 Å². The molecule has 0 saturated carbocycles. The summed E-state index contributed by atoms with van der Waals surface area (Å²) in [5.41, 5.74) is 7.28. The van der Waals surface area contributed by atoms with E-state index in [0.29, 0.717) is 5.82 Å². The van der Waals surface area contributed by atoms with Crippen molar-refractivity contribution in [3.8, 4) is 0 Å². The minimum absolute atomic E-state index is 0.0236. The SMILES string of the molecule is CC(C)(C)n1cnc2c(N)nncc21. The molecule has 0 aliphatic rings. The summed E-state index contributed by atoms with van der Waals surface area (Å²) in [4.78, 5) is 4.22. The van der Waals surface area contributed by atoms with Gasteiger partial charge in [-0.05, 0) is 20.8 Å². The van der Waals surface area contributed by atoms with Crippen molar-refractivity contribution >= 4 is 16.9 Å². The van der Waals surface area contributed by atoms with E-state index in [2.05, 4.69) is 36.0 Å². The third kappa shape index (κ3) is 1.21. The number of hydrogen-bond donors (Lipinski definition) is 1. The first-order valence-electron chi connectivity index (χ1n) is 4.45. The predicted octanol–water partition coefficient (Wildman–Crippen LogP) is 1.16. The Balaban J connectivity index is 2.76. The Kier molecular flexibility index (Phi) is 1.70. The first-order chi connectivity index (χ1) is 6.50. The van der Waals surface area contributed by atoms with E-state index in [1.54, 1.807) is 12.5 Å². The standard InChI is InChI=1S/C9H13N5/c1-9(2,3)14-5-11-7-6(14)4-12-13-8(7)10/h4-5H,1-3H3,(H2,10,13). The minimum atomic E-state index is -0.0236. The van der Waals surface area contributed by atoms with Crippen LogP contribution >= 0.6 is 0 Å². The number of aromatic nitrogens is 4. The van der Waals surface area contributed by atoms with Crippen molar-refractivity contribution in [2.24, 2.45) is 0 Å². The molecule has 0 aliphatic heterocycles. The van der Waals surface area contributed by atoms with Crippen molar-refractivity contribution < 1.29 is 0 Å².